The molecule has 0 aromatic rings. The number of hydrogen-bond donors (Lipinski definition) is 0. The maximum Gasteiger partial charge on any atom is 0.0668 e. The number of alkyl halides is 1. The van der Waals surface area contributed by atoms with Crippen LogP contribution in [0.1, 0.15) is 13.8 Å². The number of rotatable bonds is 1. The molecule has 1 nitrogen and oxygen atoms in total. The molecule has 0 aliphatic carbocycles. The molecule has 40 valence electrons. The Kier molecular flexibility index (Phi) is 2.78. The van der Waals surface area contributed by atoms with E-state index in [1.807, 2.05) is 13.0 Å². The van der Waals surface area contributed by atoms with Gasteiger partial charge in [-0.3, -0.25) is 0 Å². The van der Waals surface area contributed by atoms with E-state index in [0.717, 1.165) is 0 Å². The van der Waals surface area contributed by atoms with Crippen LogP contribution in [0.2, 0.25) is 0 Å². The molecule has 0 aromatic heterocycles. The van der Waals surface area contributed by atoms with Crippen LogP contribution in [0.15, 0.2) is 0 Å². The summed E-state index contributed by atoms with van der Waals surface area (Å²) in [7, 11) is 0. The standard InChI is InChI=1S/C5H8ClN/c1-4(3-7)5(2)6/h4-5H,1-2H3/t4?,5-/m0/s1. The minimum absolute atomic E-state index is 0.0231. The first-order chi connectivity index (χ1) is 3.18. The van der Waals surface area contributed by atoms with E-state index in [-0.39, 0.29) is 11.3 Å². The monoisotopic (exact) mass is 117 g/mol. The summed E-state index contributed by atoms with van der Waals surface area (Å²) in [4.78, 5) is 0. The van der Waals surface area contributed by atoms with Gasteiger partial charge in [-0.2, -0.15) is 5.26 Å². The summed E-state index contributed by atoms with van der Waals surface area (Å²) in [6, 6.07) is 2.03. The quantitative estimate of drug-likeness (QED) is 0.481. The summed E-state index contributed by atoms with van der Waals surface area (Å²) in [5, 5.41) is 8.15. The molecular weight excluding hydrogens is 110 g/mol. The zero-order valence-electron chi connectivity index (χ0n) is 4.48. The molecule has 0 bridgehead atoms. The highest BCUT2D eigenvalue weighted by atomic mass is 35.5. The van der Waals surface area contributed by atoms with Gasteiger partial charge in [0.1, 0.15) is 0 Å². The van der Waals surface area contributed by atoms with Crippen LogP contribution in [-0.4, -0.2) is 5.38 Å². The molecule has 0 saturated heterocycles. The summed E-state index contributed by atoms with van der Waals surface area (Å²) >= 11 is 5.51. The normalized spacial score (nSPS) is 17.4. The molecule has 2 heteroatoms. The highest BCUT2D eigenvalue weighted by molar-refractivity contribution is 6.20. The molecule has 1 unspecified atom stereocenters. The Morgan fingerprint density at radius 2 is 2.00 bits per heavy atom. The van der Waals surface area contributed by atoms with Crippen LogP contribution < -0.4 is 0 Å². The lowest BCUT2D eigenvalue weighted by Gasteiger charge is -1.99. The number of nitriles is 1. The number of hydrogen-bond acceptors (Lipinski definition) is 1. The van der Waals surface area contributed by atoms with Gasteiger partial charge in [0.2, 0.25) is 0 Å². The molecule has 0 aliphatic heterocycles. The summed E-state index contributed by atoms with van der Waals surface area (Å²) in [5.74, 6) is -0.0262. The fourth-order valence-electron chi connectivity index (χ4n) is 0.103. The first-order valence-electron chi connectivity index (χ1n) is 2.22. The average Bonchev–Trinajstić information content (AvgIpc) is 1.65. The Labute approximate surface area is 48.9 Å². The van der Waals surface area contributed by atoms with Crippen molar-refractivity contribution < 1.29 is 0 Å². The second kappa shape index (κ2) is 2.87. The molecule has 0 fully saturated rings. The van der Waals surface area contributed by atoms with Crippen molar-refractivity contribution in [3.05, 3.63) is 0 Å². The molecule has 0 rings (SSSR count). The van der Waals surface area contributed by atoms with Crippen molar-refractivity contribution in [1.29, 1.82) is 5.26 Å². The Morgan fingerprint density at radius 3 is 2.00 bits per heavy atom. The van der Waals surface area contributed by atoms with Crippen LogP contribution in [0.25, 0.3) is 0 Å². The Bertz CT molecular complexity index is 82.6. The zero-order valence-corrected chi connectivity index (χ0v) is 5.24. The first-order valence-corrected chi connectivity index (χ1v) is 2.65. The van der Waals surface area contributed by atoms with Crippen LogP contribution in [0.4, 0.5) is 0 Å². The lowest BCUT2D eigenvalue weighted by molar-refractivity contribution is 0.722. The highest BCUT2D eigenvalue weighted by Gasteiger charge is 2.04. The van der Waals surface area contributed by atoms with Crippen molar-refractivity contribution >= 4 is 11.6 Å². The van der Waals surface area contributed by atoms with E-state index >= 15 is 0 Å². The summed E-state index contributed by atoms with van der Waals surface area (Å²) in [5.41, 5.74) is 0. The number of halogens is 1. The summed E-state index contributed by atoms with van der Waals surface area (Å²) in [6.45, 7) is 3.62. The van der Waals surface area contributed by atoms with Crippen molar-refractivity contribution in [2.24, 2.45) is 5.92 Å². The fourth-order valence-corrected chi connectivity index (χ4v) is 0.159. The van der Waals surface area contributed by atoms with Crippen molar-refractivity contribution in [2.75, 3.05) is 0 Å². The molecule has 0 saturated carbocycles. The molecule has 0 N–H and O–H groups in total. The van der Waals surface area contributed by atoms with Gasteiger partial charge in [-0.1, -0.05) is 0 Å². The third-order valence-electron chi connectivity index (χ3n) is 0.893. The minimum Gasteiger partial charge on any atom is -0.198 e. The fraction of sp³-hybridized carbons (Fsp3) is 0.800. The maximum atomic E-state index is 8.17. The van der Waals surface area contributed by atoms with Crippen molar-refractivity contribution in [1.82, 2.24) is 0 Å². The molecule has 0 aliphatic rings. The van der Waals surface area contributed by atoms with E-state index in [2.05, 4.69) is 0 Å². The van der Waals surface area contributed by atoms with Gasteiger partial charge in [0.15, 0.2) is 0 Å². The van der Waals surface area contributed by atoms with Gasteiger partial charge in [0, 0.05) is 5.38 Å². The zero-order chi connectivity index (χ0) is 5.86. The van der Waals surface area contributed by atoms with Crippen LogP contribution in [0, 0.1) is 17.2 Å². The van der Waals surface area contributed by atoms with Crippen LogP contribution in [-0.2, 0) is 0 Å². The minimum atomic E-state index is -0.0262. The molecule has 7 heavy (non-hydrogen) atoms. The SMILES string of the molecule is CC(C#N)[C@H](C)Cl. The lowest BCUT2D eigenvalue weighted by atomic mass is 10.1. The first kappa shape index (κ1) is 6.78. The van der Waals surface area contributed by atoms with Crippen molar-refractivity contribution in [2.45, 2.75) is 19.2 Å². The molecule has 0 radical (unpaired) electrons. The second-order valence-electron chi connectivity index (χ2n) is 1.60. The van der Waals surface area contributed by atoms with Gasteiger partial charge < -0.3 is 0 Å². The average molecular weight is 118 g/mol. The molecule has 0 heterocycles. The largest absolute Gasteiger partial charge is 0.198 e. The van der Waals surface area contributed by atoms with E-state index in [0.29, 0.717) is 0 Å². The van der Waals surface area contributed by atoms with E-state index in [1.54, 1.807) is 6.92 Å². The Morgan fingerprint density at radius 1 is 1.57 bits per heavy atom. The molecule has 2 atom stereocenters. The second-order valence-corrected chi connectivity index (χ2v) is 2.28. The van der Waals surface area contributed by atoms with E-state index < -0.39 is 0 Å². The third-order valence-corrected chi connectivity index (χ3v) is 1.27. The highest BCUT2D eigenvalue weighted by Crippen LogP contribution is 2.06. The van der Waals surface area contributed by atoms with E-state index in [9.17, 15) is 0 Å². The van der Waals surface area contributed by atoms with E-state index in [4.69, 9.17) is 16.9 Å². The summed E-state index contributed by atoms with van der Waals surface area (Å²) < 4.78 is 0. The summed E-state index contributed by atoms with van der Waals surface area (Å²) in [6.07, 6.45) is 0. The van der Waals surface area contributed by atoms with Gasteiger partial charge in [-0.25, -0.2) is 0 Å². The lowest BCUT2D eigenvalue weighted by Crippen LogP contribution is -2.02. The molecule has 0 aromatic carbocycles. The van der Waals surface area contributed by atoms with Crippen molar-refractivity contribution in [3.63, 3.8) is 0 Å². The Balaban J connectivity index is 3.40. The van der Waals surface area contributed by atoms with Gasteiger partial charge in [-0.05, 0) is 13.8 Å². The third kappa shape index (κ3) is 2.47. The van der Waals surface area contributed by atoms with Crippen LogP contribution in [0.3, 0.4) is 0 Å². The van der Waals surface area contributed by atoms with Crippen molar-refractivity contribution in [3.8, 4) is 6.07 Å². The van der Waals surface area contributed by atoms with Gasteiger partial charge in [-0.15, -0.1) is 11.6 Å². The number of nitrogens with zero attached hydrogens (tertiary/aromatic N) is 1. The molecular formula is C5H8ClN. The predicted molar refractivity (Wildman–Crippen MR) is 30.1 cm³/mol. The van der Waals surface area contributed by atoms with Gasteiger partial charge in [0.25, 0.3) is 0 Å². The Hall–Kier alpha value is -0.220. The topological polar surface area (TPSA) is 23.8 Å². The van der Waals surface area contributed by atoms with E-state index in [1.165, 1.54) is 0 Å². The maximum absolute atomic E-state index is 8.17. The predicted octanol–water partition coefficient (Wildman–Crippen LogP) is 1.77. The molecule has 0 spiro atoms. The van der Waals surface area contributed by atoms with Gasteiger partial charge in [0.05, 0.1) is 12.0 Å². The van der Waals surface area contributed by atoms with Crippen LogP contribution in [0.5, 0.6) is 0 Å². The van der Waals surface area contributed by atoms with Gasteiger partial charge >= 0.3 is 0 Å². The van der Waals surface area contributed by atoms with Crippen LogP contribution >= 0.6 is 11.6 Å². The molecule has 0 amide bonds. The smallest absolute Gasteiger partial charge is 0.0668 e.